The third kappa shape index (κ3) is 3.46. The van der Waals surface area contributed by atoms with E-state index < -0.39 is 10.0 Å². The molecule has 0 N–H and O–H groups in total. The maximum absolute atomic E-state index is 12.5. The van der Waals surface area contributed by atoms with Gasteiger partial charge in [-0.15, -0.1) is 0 Å². The minimum atomic E-state index is -3.20. The summed E-state index contributed by atoms with van der Waals surface area (Å²) in [4.78, 5) is 18.3. The molecular formula is C15H18N4O4S. The molecule has 0 unspecified atom stereocenters. The van der Waals surface area contributed by atoms with Crippen molar-refractivity contribution in [1.82, 2.24) is 19.3 Å². The van der Waals surface area contributed by atoms with E-state index in [4.69, 9.17) is 4.52 Å². The van der Waals surface area contributed by atoms with E-state index in [1.165, 1.54) is 10.6 Å². The van der Waals surface area contributed by atoms with E-state index in [9.17, 15) is 13.2 Å². The number of nitrogens with zero attached hydrogens (tertiary/aromatic N) is 4. The van der Waals surface area contributed by atoms with E-state index in [0.717, 1.165) is 5.56 Å². The lowest BCUT2D eigenvalue weighted by molar-refractivity contribution is 0.0698. The molecule has 1 saturated heterocycles. The zero-order valence-electron chi connectivity index (χ0n) is 13.5. The van der Waals surface area contributed by atoms with Gasteiger partial charge in [0.25, 0.3) is 5.91 Å². The fourth-order valence-electron chi connectivity index (χ4n) is 2.58. The molecule has 1 aliphatic heterocycles. The minimum absolute atomic E-state index is 0.112. The summed E-state index contributed by atoms with van der Waals surface area (Å²) in [7, 11) is -3.20. The van der Waals surface area contributed by atoms with Crippen LogP contribution in [0.15, 0.2) is 28.8 Å². The SMILES string of the molecule is Cc1nc(-c2ccc(C(=O)N3CCN(S(C)(=O)=O)CC3)cc2)no1. The van der Waals surface area contributed by atoms with Crippen LogP contribution in [0.2, 0.25) is 0 Å². The van der Waals surface area contributed by atoms with E-state index in [1.54, 1.807) is 36.1 Å². The number of carbonyl (C=O) groups is 1. The van der Waals surface area contributed by atoms with E-state index in [2.05, 4.69) is 10.1 Å². The number of piperazine rings is 1. The Morgan fingerprint density at radius 3 is 2.25 bits per heavy atom. The van der Waals surface area contributed by atoms with Crippen molar-refractivity contribution in [3.63, 3.8) is 0 Å². The predicted molar refractivity (Wildman–Crippen MR) is 86.8 cm³/mol. The van der Waals surface area contributed by atoms with Gasteiger partial charge in [-0.25, -0.2) is 8.42 Å². The fraction of sp³-hybridized carbons (Fsp3) is 0.400. The predicted octanol–water partition coefficient (Wildman–Crippen LogP) is 0.762. The quantitative estimate of drug-likeness (QED) is 0.811. The zero-order valence-corrected chi connectivity index (χ0v) is 14.3. The molecule has 2 heterocycles. The molecule has 1 fully saturated rings. The van der Waals surface area contributed by atoms with Crippen molar-refractivity contribution in [3.8, 4) is 11.4 Å². The maximum Gasteiger partial charge on any atom is 0.253 e. The van der Waals surface area contributed by atoms with Crippen molar-refractivity contribution in [2.24, 2.45) is 0 Å². The molecule has 1 aliphatic rings. The second-order valence-electron chi connectivity index (χ2n) is 5.67. The number of hydrogen-bond donors (Lipinski definition) is 0. The van der Waals surface area contributed by atoms with Crippen LogP contribution >= 0.6 is 0 Å². The highest BCUT2D eigenvalue weighted by molar-refractivity contribution is 7.88. The Hall–Kier alpha value is -2.26. The molecule has 1 aromatic heterocycles. The Bertz CT molecular complexity index is 837. The van der Waals surface area contributed by atoms with Crippen LogP contribution in [-0.4, -0.2) is 66.1 Å². The Morgan fingerprint density at radius 1 is 1.12 bits per heavy atom. The monoisotopic (exact) mass is 350 g/mol. The molecule has 2 aromatic rings. The molecule has 8 nitrogen and oxygen atoms in total. The topological polar surface area (TPSA) is 96.6 Å². The van der Waals surface area contributed by atoms with Gasteiger partial charge in [-0.3, -0.25) is 4.79 Å². The van der Waals surface area contributed by atoms with Crippen molar-refractivity contribution in [2.75, 3.05) is 32.4 Å². The molecule has 24 heavy (non-hydrogen) atoms. The molecule has 0 aliphatic carbocycles. The normalized spacial score (nSPS) is 16.3. The van der Waals surface area contributed by atoms with Gasteiger partial charge in [-0.2, -0.15) is 9.29 Å². The fourth-order valence-corrected chi connectivity index (χ4v) is 3.41. The van der Waals surface area contributed by atoms with E-state index in [0.29, 0.717) is 43.5 Å². The Balaban J connectivity index is 1.68. The molecular weight excluding hydrogens is 332 g/mol. The first-order valence-electron chi connectivity index (χ1n) is 7.50. The average Bonchev–Trinajstić information content (AvgIpc) is 3.00. The van der Waals surface area contributed by atoms with Crippen LogP contribution in [0.4, 0.5) is 0 Å². The standard InChI is InChI=1S/C15H18N4O4S/c1-11-16-14(17-23-11)12-3-5-13(6-4-12)15(20)18-7-9-19(10-8-18)24(2,21)22/h3-6H,7-10H2,1-2H3. The van der Waals surface area contributed by atoms with Crippen LogP contribution in [0.25, 0.3) is 11.4 Å². The Morgan fingerprint density at radius 2 is 1.75 bits per heavy atom. The highest BCUT2D eigenvalue weighted by atomic mass is 32.2. The van der Waals surface area contributed by atoms with E-state index >= 15 is 0 Å². The van der Waals surface area contributed by atoms with Crippen molar-refractivity contribution in [1.29, 1.82) is 0 Å². The largest absolute Gasteiger partial charge is 0.339 e. The Labute approximate surface area is 140 Å². The van der Waals surface area contributed by atoms with Crippen LogP contribution in [-0.2, 0) is 10.0 Å². The molecule has 1 amide bonds. The summed E-state index contributed by atoms with van der Waals surface area (Å²) in [5, 5.41) is 3.84. The summed E-state index contributed by atoms with van der Waals surface area (Å²) in [6.07, 6.45) is 1.18. The molecule has 9 heteroatoms. The number of sulfonamides is 1. The number of aromatic nitrogens is 2. The molecule has 0 radical (unpaired) electrons. The smallest absolute Gasteiger partial charge is 0.253 e. The van der Waals surface area contributed by atoms with Gasteiger partial charge in [0.05, 0.1) is 6.26 Å². The number of benzene rings is 1. The van der Waals surface area contributed by atoms with Crippen molar-refractivity contribution >= 4 is 15.9 Å². The molecule has 0 spiro atoms. The van der Waals surface area contributed by atoms with Crippen LogP contribution in [0, 0.1) is 6.92 Å². The number of aryl methyl sites for hydroxylation is 1. The molecule has 0 bridgehead atoms. The number of rotatable bonds is 3. The maximum atomic E-state index is 12.5. The van der Waals surface area contributed by atoms with Crippen LogP contribution in [0.3, 0.4) is 0 Å². The number of hydrogen-bond acceptors (Lipinski definition) is 6. The molecule has 0 saturated carbocycles. The van der Waals surface area contributed by atoms with Gasteiger partial charge in [0.1, 0.15) is 0 Å². The van der Waals surface area contributed by atoms with Gasteiger partial charge < -0.3 is 9.42 Å². The van der Waals surface area contributed by atoms with Crippen LogP contribution < -0.4 is 0 Å². The van der Waals surface area contributed by atoms with Gasteiger partial charge in [-0.05, 0) is 12.1 Å². The van der Waals surface area contributed by atoms with Crippen molar-refractivity contribution < 1.29 is 17.7 Å². The zero-order chi connectivity index (χ0) is 17.3. The molecule has 128 valence electrons. The summed E-state index contributed by atoms with van der Waals surface area (Å²) in [5.41, 5.74) is 1.32. The second kappa shape index (κ2) is 6.33. The van der Waals surface area contributed by atoms with Gasteiger partial charge in [-0.1, -0.05) is 17.3 Å². The van der Waals surface area contributed by atoms with Gasteiger partial charge in [0.15, 0.2) is 0 Å². The van der Waals surface area contributed by atoms with Crippen LogP contribution in [0.5, 0.6) is 0 Å². The van der Waals surface area contributed by atoms with Crippen molar-refractivity contribution in [3.05, 3.63) is 35.7 Å². The number of amides is 1. The molecule has 0 atom stereocenters. The Kier molecular flexibility index (Phi) is 4.37. The third-order valence-electron chi connectivity index (χ3n) is 3.91. The molecule has 3 rings (SSSR count). The first-order valence-corrected chi connectivity index (χ1v) is 9.34. The summed E-state index contributed by atoms with van der Waals surface area (Å²) >= 11 is 0. The lowest BCUT2D eigenvalue weighted by Gasteiger charge is -2.33. The first kappa shape index (κ1) is 16.6. The third-order valence-corrected chi connectivity index (χ3v) is 5.22. The summed E-state index contributed by atoms with van der Waals surface area (Å²) in [5.74, 6) is 0.848. The van der Waals surface area contributed by atoms with Gasteiger partial charge >= 0.3 is 0 Å². The minimum Gasteiger partial charge on any atom is -0.339 e. The second-order valence-corrected chi connectivity index (χ2v) is 7.65. The lowest BCUT2D eigenvalue weighted by atomic mass is 10.1. The first-order chi connectivity index (χ1) is 11.3. The summed E-state index contributed by atoms with van der Waals surface area (Å²) in [6.45, 7) is 3.13. The van der Waals surface area contributed by atoms with E-state index in [-0.39, 0.29) is 5.91 Å². The van der Waals surface area contributed by atoms with Gasteiger partial charge in [0, 0.05) is 44.2 Å². The summed E-state index contributed by atoms with van der Waals surface area (Å²) in [6, 6.07) is 6.97. The summed E-state index contributed by atoms with van der Waals surface area (Å²) < 4.78 is 29.3. The number of carbonyl (C=O) groups excluding carboxylic acids is 1. The highest BCUT2D eigenvalue weighted by Crippen LogP contribution is 2.18. The van der Waals surface area contributed by atoms with Gasteiger partial charge in [0.2, 0.25) is 21.7 Å². The van der Waals surface area contributed by atoms with Crippen molar-refractivity contribution in [2.45, 2.75) is 6.92 Å². The van der Waals surface area contributed by atoms with Crippen LogP contribution in [0.1, 0.15) is 16.2 Å². The lowest BCUT2D eigenvalue weighted by Crippen LogP contribution is -2.50. The molecule has 1 aromatic carbocycles. The highest BCUT2D eigenvalue weighted by Gasteiger charge is 2.26. The van der Waals surface area contributed by atoms with E-state index in [1.807, 2.05) is 0 Å². The average molecular weight is 350 g/mol.